The van der Waals surface area contributed by atoms with Gasteiger partial charge in [0.1, 0.15) is 4.61 Å². The average molecular weight is 674 g/mol. The van der Waals surface area contributed by atoms with Crippen molar-refractivity contribution in [2.75, 3.05) is 23.0 Å². The fourth-order valence-corrected chi connectivity index (χ4v) is 5.22. The number of likely N-dealkylation sites (tertiary alicyclic amines) is 1. The normalized spacial score (nSPS) is 14.7. The molecule has 0 unspecified atom stereocenters. The number of rotatable bonds is 8. The Morgan fingerprint density at radius 1 is 1.08 bits per heavy atom. The van der Waals surface area contributed by atoms with Crippen LogP contribution in [0.25, 0.3) is 0 Å². The molecule has 3 aromatic carbocycles. The fourth-order valence-electron chi connectivity index (χ4n) is 4.65. The minimum atomic E-state index is -4.50. The highest BCUT2D eigenvalue weighted by Crippen LogP contribution is 2.36. The molecule has 3 aromatic rings. The Hall–Kier alpha value is -2.70. The van der Waals surface area contributed by atoms with Crippen LogP contribution in [0.4, 0.5) is 23.7 Å². The summed E-state index contributed by atoms with van der Waals surface area (Å²) in [7, 11) is 0. The van der Waals surface area contributed by atoms with E-state index < -0.39 is 17.8 Å². The van der Waals surface area contributed by atoms with Gasteiger partial charge in [0.2, 0.25) is 0 Å². The third-order valence-electron chi connectivity index (χ3n) is 6.60. The number of anilines is 1. The topological polar surface area (TPSA) is 65.0 Å². The van der Waals surface area contributed by atoms with Crippen molar-refractivity contribution < 1.29 is 27.8 Å². The van der Waals surface area contributed by atoms with Gasteiger partial charge >= 0.3 is 12.2 Å². The van der Waals surface area contributed by atoms with Crippen LogP contribution in [0.1, 0.15) is 29.5 Å². The average Bonchev–Trinajstić information content (AvgIpc) is 2.91. The minimum Gasteiger partial charge on any atom is -0.503 e. The van der Waals surface area contributed by atoms with Crippen LogP contribution in [0, 0.1) is 0 Å². The summed E-state index contributed by atoms with van der Waals surface area (Å²) in [5, 5.41) is 13.0. The Labute approximate surface area is 243 Å². The number of hydrogen-bond donors (Lipinski definition) is 2. The zero-order chi connectivity index (χ0) is 28.0. The molecule has 0 saturated carbocycles. The second-order valence-electron chi connectivity index (χ2n) is 9.31. The largest absolute Gasteiger partial charge is 0.503 e. The van der Waals surface area contributed by atoms with E-state index in [4.69, 9.17) is 16.3 Å². The molecule has 0 spiro atoms. The Morgan fingerprint density at radius 3 is 2.46 bits per heavy atom. The zero-order valence-electron chi connectivity index (χ0n) is 20.9. The van der Waals surface area contributed by atoms with E-state index in [1.807, 2.05) is 52.9 Å². The Morgan fingerprint density at radius 2 is 1.79 bits per heavy atom. The summed E-state index contributed by atoms with van der Waals surface area (Å²) in [5.74, 6) is 0.251. The number of benzene rings is 3. The number of carbonyl (C=O) groups excluding carboxylic acids is 1. The SMILES string of the molecule is O=C(Nc1cccc(C(F)(F)F)c1)N(Cc1ccccc1)C1CCN(Cc2cc(Cl)c(O)c(OCI)c2)CC1. The van der Waals surface area contributed by atoms with Crippen molar-refractivity contribution in [1.82, 2.24) is 9.80 Å². The van der Waals surface area contributed by atoms with Crippen LogP contribution in [-0.4, -0.2) is 44.7 Å². The van der Waals surface area contributed by atoms with Crippen LogP contribution >= 0.6 is 34.2 Å². The van der Waals surface area contributed by atoms with E-state index in [9.17, 15) is 23.1 Å². The van der Waals surface area contributed by atoms with Crippen LogP contribution < -0.4 is 10.1 Å². The molecule has 1 fully saturated rings. The number of urea groups is 1. The van der Waals surface area contributed by atoms with Crippen molar-refractivity contribution in [1.29, 1.82) is 0 Å². The molecule has 6 nitrogen and oxygen atoms in total. The van der Waals surface area contributed by atoms with Crippen molar-refractivity contribution in [2.45, 2.75) is 38.1 Å². The second-order valence-corrected chi connectivity index (χ2v) is 10.3. The molecule has 2 N–H and O–H groups in total. The number of alkyl halides is 4. The number of hydrogen-bond acceptors (Lipinski definition) is 4. The van der Waals surface area contributed by atoms with E-state index in [0.717, 1.165) is 23.3 Å². The molecule has 4 rings (SSSR count). The van der Waals surface area contributed by atoms with E-state index >= 15 is 0 Å². The molecule has 0 bridgehead atoms. The van der Waals surface area contributed by atoms with Crippen molar-refractivity contribution >= 4 is 45.9 Å². The van der Waals surface area contributed by atoms with E-state index in [2.05, 4.69) is 10.2 Å². The summed E-state index contributed by atoms with van der Waals surface area (Å²) in [6, 6.07) is 17.1. The van der Waals surface area contributed by atoms with Gasteiger partial charge in [-0.05, 0) is 76.9 Å². The molecule has 1 aliphatic heterocycles. The van der Waals surface area contributed by atoms with Crippen LogP contribution in [0.2, 0.25) is 5.02 Å². The van der Waals surface area contributed by atoms with Gasteiger partial charge in [-0.1, -0.05) is 48.0 Å². The number of nitrogens with zero attached hydrogens (tertiary/aromatic N) is 2. The number of aromatic hydroxyl groups is 1. The van der Waals surface area contributed by atoms with Crippen LogP contribution in [-0.2, 0) is 19.3 Å². The number of phenolic OH excluding ortho intramolecular Hbond substituents is 1. The van der Waals surface area contributed by atoms with E-state index in [-0.39, 0.29) is 22.5 Å². The molecular weight excluding hydrogens is 646 g/mol. The summed E-state index contributed by atoms with van der Waals surface area (Å²) in [5.41, 5.74) is 1.11. The summed E-state index contributed by atoms with van der Waals surface area (Å²) < 4.78 is 45.4. The minimum absolute atomic E-state index is 0.0841. The first kappa shape index (κ1) is 29.3. The van der Waals surface area contributed by atoms with Gasteiger partial charge in [-0.25, -0.2) is 4.79 Å². The molecule has 1 saturated heterocycles. The van der Waals surface area contributed by atoms with Crippen molar-refractivity contribution in [3.63, 3.8) is 0 Å². The summed E-state index contributed by atoms with van der Waals surface area (Å²) in [6.07, 6.45) is -3.13. The first-order chi connectivity index (χ1) is 18.6. The maximum Gasteiger partial charge on any atom is 0.416 e. The number of ether oxygens (including phenoxy) is 1. The monoisotopic (exact) mass is 673 g/mol. The van der Waals surface area contributed by atoms with E-state index in [1.54, 1.807) is 17.0 Å². The third kappa shape index (κ3) is 7.92. The lowest BCUT2D eigenvalue weighted by atomic mass is 10.0. The molecule has 0 aliphatic carbocycles. The second kappa shape index (κ2) is 13.1. The number of nitrogens with one attached hydrogen (secondary N) is 1. The Kier molecular flexibility index (Phi) is 9.84. The quantitative estimate of drug-likeness (QED) is 0.192. The predicted octanol–water partition coefficient (Wildman–Crippen LogP) is 7.53. The molecule has 11 heteroatoms. The van der Waals surface area contributed by atoms with Crippen LogP contribution in [0.5, 0.6) is 11.5 Å². The molecule has 0 atom stereocenters. The van der Waals surface area contributed by atoms with Gasteiger partial charge in [0, 0.05) is 37.9 Å². The third-order valence-corrected chi connectivity index (χ3v) is 7.20. The van der Waals surface area contributed by atoms with Crippen molar-refractivity contribution in [2.24, 2.45) is 0 Å². The standard InChI is InChI=1S/C28H28ClF3IN3O3/c29-24-13-20(14-25(26(24)37)39-18-33)16-35-11-9-23(10-12-35)36(17-19-5-2-1-3-6-19)27(38)34-22-8-4-7-21(15-22)28(30,31)32/h1-8,13-15,23,37H,9-12,16-18H2,(H,34,38). The highest BCUT2D eigenvalue weighted by atomic mass is 127. The number of halogens is 5. The molecule has 0 radical (unpaired) electrons. The maximum atomic E-state index is 13.4. The van der Waals surface area contributed by atoms with Crippen LogP contribution in [0.15, 0.2) is 66.7 Å². The lowest BCUT2D eigenvalue weighted by Gasteiger charge is -2.38. The van der Waals surface area contributed by atoms with Gasteiger partial charge in [0.15, 0.2) is 11.5 Å². The number of amides is 2. The maximum absolute atomic E-state index is 13.4. The molecule has 39 heavy (non-hydrogen) atoms. The number of phenols is 1. The Balaban J connectivity index is 1.45. The van der Waals surface area contributed by atoms with Gasteiger partial charge in [0.05, 0.1) is 10.6 Å². The lowest BCUT2D eigenvalue weighted by molar-refractivity contribution is -0.137. The van der Waals surface area contributed by atoms with E-state index in [1.165, 1.54) is 12.1 Å². The molecule has 208 valence electrons. The van der Waals surface area contributed by atoms with E-state index in [0.29, 0.717) is 49.4 Å². The first-order valence-corrected chi connectivity index (χ1v) is 14.3. The van der Waals surface area contributed by atoms with Gasteiger partial charge in [-0.2, -0.15) is 13.2 Å². The zero-order valence-corrected chi connectivity index (χ0v) is 23.8. The molecule has 1 aliphatic rings. The highest BCUT2D eigenvalue weighted by molar-refractivity contribution is 14.1. The molecule has 1 heterocycles. The van der Waals surface area contributed by atoms with Gasteiger partial charge in [0.25, 0.3) is 0 Å². The Bertz CT molecular complexity index is 1270. The summed E-state index contributed by atoms with van der Waals surface area (Å²) in [6.45, 7) is 2.34. The van der Waals surface area contributed by atoms with Crippen molar-refractivity contribution in [3.05, 3.63) is 88.4 Å². The van der Waals surface area contributed by atoms with Crippen molar-refractivity contribution in [3.8, 4) is 11.5 Å². The molecule has 0 aromatic heterocycles. The summed E-state index contributed by atoms with van der Waals surface area (Å²) >= 11 is 8.23. The summed E-state index contributed by atoms with van der Waals surface area (Å²) in [4.78, 5) is 17.3. The molecule has 2 amide bonds. The van der Waals surface area contributed by atoms with Gasteiger partial charge < -0.3 is 20.1 Å². The first-order valence-electron chi connectivity index (χ1n) is 12.4. The predicted molar refractivity (Wildman–Crippen MR) is 153 cm³/mol. The number of carbonyl (C=O) groups is 1. The molecular formula is C28H28ClF3IN3O3. The fraction of sp³-hybridized carbons (Fsp3) is 0.321. The lowest BCUT2D eigenvalue weighted by Crippen LogP contribution is -2.48. The smallest absolute Gasteiger partial charge is 0.416 e. The van der Waals surface area contributed by atoms with Gasteiger partial charge in [-0.3, -0.25) is 4.90 Å². The highest BCUT2D eigenvalue weighted by Gasteiger charge is 2.32. The van der Waals surface area contributed by atoms with Crippen LogP contribution in [0.3, 0.4) is 0 Å². The number of piperidine rings is 1. The van der Waals surface area contributed by atoms with Gasteiger partial charge in [-0.15, -0.1) is 0 Å².